The number of rotatable bonds is 3. The molecule has 0 saturated carbocycles. The topological polar surface area (TPSA) is 43.8 Å². The Morgan fingerprint density at radius 3 is 2.92 bits per heavy atom. The summed E-state index contributed by atoms with van der Waals surface area (Å²) in [6.45, 7) is 3.17. The minimum atomic E-state index is 0.563. The molecule has 0 fully saturated rings. The Bertz CT molecular complexity index is 258. The first-order valence-corrected chi connectivity index (χ1v) is 4.16. The van der Waals surface area contributed by atoms with Crippen molar-refractivity contribution in [2.24, 2.45) is 5.73 Å². The van der Waals surface area contributed by atoms with Crippen LogP contribution in [0, 0.1) is 6.92 Å². The standard InChI is InChI=1S/C8H12ClN3/c1-7-8(9)6-12(11-7)5-3-2-4-10/h2-3,6H,4-5,10H2,1H3. The molecule has 0 aromatic carbocycles. The van der Waals surface area contributed by atoms with E-state index < -0.39 is 0 Å². The fourth-order valence-corrected chi connectivity index (χ4v) is 1.02. The Morgan fingerprint density at radius 2 is 2.42 bits per heavy atom. The van der Waals surface area contributed by atoms with Crippen LogP contribution >= 0.6 is 11.6 Å². The van der Waals surface area contributed by atoms with Gasteiger partial charge in [0.25, 0.3) is 0 Å². The molecule has 0 aliphatic rings. The van der Waals surface area contributed by atoms with Crippen molar-refractivity contribution in [1.29, 1.82) is 0 Å². The van der Waals surface area contributed by atoms with E-state index in [2.05, 4.69) is 5.10 Å². The van der Waals surface area contributed by atoms with Gasteiger partial charge in [0.2, 0.25) is 0 Å². The SMILES string of the molecule is Cc1nn(CC=CCN)cc1Cl. The van der Waals surface area contributed by atoms with Crippen molar-refractivity contribution in [2.75, 3.05) is 6.54 Å². The lowest BCUT2D eigenvalue weighted by Crippen LogP contribution is -1.98. The molecule has 0 unspecified atom stereocenters. The van der Waals surface area contributed by atoms with Crippen LogP contribution in [0.25, 0.3) is 0 Å². The van der Waals surface area contributed by atoms with Gasteiger partial charge < -0.3 is 5.73 Å². The maximum absolute atomic E-state index is 5.81. The number of allylic oxidation sites excluding steroid dienone is 1. The van der Waals surface area contributed by atoms with E-state index in [-0.39, 0.29) is 0 Å². The average Bonchev–Trinajstić information content (AvgIpc) is 2.32. The lowest BCUT2D eigenvalue weighted by molar-refractivity contribution is 0.693. The Balaban J connectivity index is 2.58. The Morgan fingerprint density at radius 1 is 1.67 bits per heavy atom. The maximum Gasteiger partial charge on any atom is 0.0815 e. The first kappa shape index (κ1) is 9.29. The molecular formula is C8H12ClN3. The normalized spacial score (nSPS) is 11.2. The second-order valence-electron chi connectivity index (χ2n) is 2.49. The van der Waals surface area contributed by atoms with Gasteiger partial charge in [-0.05, 0) is 6.92 Å². The van der Waals surface area contributed by atoms with Crippen molar-refractivity contribution in [3.8, 4) is 0 Å². The molecule has 1 aromatic rings. The molecule has 0 atom stereocenters. The zero-order valence-corrected chi connectivity index (χ0v) is 7.75. The van der Waals surface area contributed by atoms with Crippen LogP contribution in [-0.4, -0.2) is 16.3 Å². The number of hydrogen-bond donors (Lipinski definition) is 1. The van der Waals surface area contributed by atoms with Gasteiger partial charge in [0.05, 0.1) is 17.3 Å². The van der Waals surface area contributed by atoms with E-state index in [9.17, 15) is 0 Å². The van der Waals surface area contributed by atoms with E-state index in [0.717, 1.165) is 12.2 Å². The van der Waals surface area contributed by atoms with E-state index >= 15 is 0 Å². The first-order chi connectivity index (χ1) is 5.74. The highest BCUT2D eigenvalue weighted by Gasteiger charge is 1.98. The van der Waals surface area contributed by atoms with Gasteiger partial charge in [-0.3, -0.25) is 4.68 Å². The summed E-state index contributed by atoms with van der Waals surface area (Å²) < 4.78 is 1.78. The summed E-state index contributed by atoms with van der Waals surface area (Å²) in [6.07, 6.45) is 5.66. The van der Waals surface area contributed by atoms with Gasteiger partial charge in [-0.15, -0.1) is 0 Å². The maximum atomic E-state index is 5.81. The molecule has 0 aliphatic heterocycles. The molecule has 0 bridgehead atoms. The van der Waals surface area contributed by atoms with Crippen LogP contribution in [0.15, 0.2) is 18.3 Å². The van der Waals surface area contributed by atoms with E-state index in [4.69, 9.17) is 17.3 Å². The van der Waals surface area contributed by atoms with Crippen molar-refractivity contribution < 1.29 is 0 Å². The summed E-state index contributed by atoms with van der Waals surface area (Å²) in [6, 6.07) is 0. The summed E-state index contributed by atoms with van der Waals surface area (Å²) in [7, 11) is 0. The highest BCUT2D eigenvalue weighted by molar-refractivity contribution is 6.31. The number of nitrogens with two attached hydrogens (primary N) is 1. The van der Waals surface area contributed by atoms with Crippen LogP contribution < -0.4 is 5.73 Å². The molecule has 3 nitrogen and oxygen atoms in total. The smallest absolute Gasteiger partial charge is 0.0815 e. The predicted molar refractivity (Wildman–Crippen MR) is 50.2 cm³/mol. The van der Waals surface area contributed by atoms with Gasteiger partial charge in [-0.25, -0.2) is 0 Å². The molecule has 2 N–H and O–H groups in total. The quantitative estimate of drug-likeness (QED) is 0.723. The summed E-state index contributed by atoms with van der Waals surface area (Å²) in [5, 5.41) is 4.88. The minimum absolute atomic E-state index is 0.563. The predicted octanol–water partition coefficient (Wildman–Crippen LogP) is 1.36. The van der Waals surface area contributed by atoms with Gasteiger partial charge in [-0.1, -0.05) is 23.8 Å². The van der Waals surface area contributed by atoms with E-state index in [1.165, 1.54) is 0 Å². The molecule has 0 radical (unpaired) electrons. The van der Waals surface area contributed by atoms with Gasteiger partial charge in [0.15, 0.2) is 0 Å². The van der Waals surface area contributed by atoms with Crippen molar-refractivity contribution in [3.63, 3.8) is 0 Å². The summed E-state index contributed by atoms with van der Waals surface area (Å²) in [5.41, 5.74) is 6.14. The molecule has 0 saturated heterocycles. The van der Waals surface area contributed by atoms with Crippen LogP contribution in [0.5, 0.6) is 0 Å². The Hall–Kier alpha value is -0.800. The molecule has 1 rings (SSSR count). The second kappa shape index (κ2) is 4.28. The highest BCUT2D eigenvalue weighted by Crippen LogP contribution is 2.11. The molecule has 1 aromatic heterocycles. The van der Waals surface area contributed by atoms with Crippen LogP contribution in [0.1, 0.15) is 5.69 Å². The van der Waals surface area contributed by atoms with E-state index in [1.54, 1.807) is 10.9 Å². The van der Waals surface area contributed by atoms with Crippen LogP contribution in [-0.2, 0) is 6.54 Å². The van der Waals surface area contributed by atoms with Gasteiger partial charge >= 0.3 is 0 Å². The number of hydrogen-bond acceptors (Lipinski definition) is 2. The molecule has 12 heavy (non-hydrogen) atoms. The second-order valence-corrected chi connectivity index (χ2v) is 2.90. The Labute approximate surface area is 76.8 Å². The van der Waals surface area contributed by atoms with Gasteiger partial charge in [0.1, 0.15) is 0 Å². The molecule has 0 aliphatic carbocycles. The molecule has 4 heteroatoms. The molecule has 0 spiro atoms. The number of aryl methyl sites for hydroxylation is 1. The van der Waals surface area contributed by atoms with Crippen molar-refractivity contribution >= 4 is 11.6 Å². The summed E-state index contributed by atoms with van der Waals surface area (Å²) in [4.78, 5) is 0. The molecular weight excluding hydrogens is 174 g/mol. The van der Waals surface area contributed by atoms with Crippen molar-refractivity contribution in [3.05, 3.63) is 29.1 Å². The zero-order valence-electron chi connectivity index (χ0n) is 7.00. The minimum Gasteiger partial charge on any atom is -0.327 e. The van der Waals surface area contributed by atoms with E-state index in [0.29, 0.717) is 11.6 Å². The number of aromatic nitrogens is 2. The Kier molecular flexibility index (Phi) is 3.31. The third-order valence-corrected chi connectivity index (χ3v) is 1.85. The fourth-order valence-electron chi connectivity index (χ4n) is 0.866. The zero-order chi connectivity index (χ0) is 8.97. The summed E-state index contributed by atoms with van der Waals surface area (Å²) >= 11 is 5.81. The number of nitrogens with zero attached hydrogens (tertiary/aromatic N) is 2. The highest BCUT2D eigenvalue weighted by atomic mass is 35.5. The monoisotopic (exact) mass is 185 g/mol. The average molecular weight is 186 g/mol. The molecule has 0 amide bonds. The van der Waals surface area contributed by atoms with E-state index in [1.807, 2.05) is 19.1 Å². The third-order valence-electron chi connectivity index (χ3n) is 1.48. The van der Waals surface area contributed by atoms with Crippen LogP contribution in [0.4, 0.5) is 0 Å². The summed E-state index contributed by atoms with van der Waals surface area (Å²) in [5.74, 6) is 0. The largest absolute Gasteiger partial charge is 0.327 e. The van der Waals surface area contributed by atoms with Crippen LogP contribution in [0.2, 0.25) is 5.02 Å². The van der Waals surface area contributed by atoms with Gasteiger partial charge in [-0.2, -0.15) is 5.10 Å². The lowest BCUT2D eigenvalue weighted by Gasteiger charge is -1.92. The molecule has 66 valence electrons. The van der Waals surface area contributed by atoms with Crippen molar-refractivity contribution in [2.45, 2.75) is 13.5 Å². The third kappa shape index (κ3) is 2.36. The number of halogens is 1. The van der Waals surface area contributed by atoms with Crippen LogP contribution in [0.3, 0.4) is 0 Å². The first-order valence-electron chi connectivity index (χ1n) is 3.78. The van der Waals surface area contributed by atoms with Crippen molar-refractivity contribution in [1.82, 2.24) is 9.78 Å². The lowest BCUT2D eigenvalue weighted by atomic mass is 10.5. The van der Waals surface area contributed by atoms with Gasteiger partial charge in [0, 0.05) is 12.7 Å². The fraction of sp³-hybridized carbons (Fsp3) is 0.375. The molecule has 1 heterocycles.